The molecule has 2 fully saturated rings. The molecule has 0 atom stereocenters. The van der Waals surface area contributed by atoms with Gasteiger partial charge < -0.3 is 9.80 Å². The second kappa shape index (κ2) is 9.80. The summed E-state index contributed by atoms with van der Waals surface area (Å²) in [7, 11) is 0. The first-order valence-electron chi connectivity index (χ1n) is 11.1. The summed E-state index contributed by atoms with van der Waals surface area (Å²) in [5, 5.41) is 3.14. The molecule has 6 nitrogen and oxygen atoms in total. The summed E-state index contributed by atoms with van der Waals surface area (Å²) in [5.41, 5.74) is 0.531. The normalized spacial score (nSPS) is 18.5. The number of rotatable bonds is 4. The minimum Gasteiger partial charge on any atom is -0.339 e. The van der Waals surface area contributed by atoms with Crippen LogP contribution in [0.25, 0.3) is 0 Å². The summed E-state index contributed by atoms with van der Waals surface area (Å²) in [6, 6.07) is 4.27. The van der Waals surface area contributed by atoms with Crippen molar-refractivity contribution in [3.8, 4) is 0 Å². The highest BCUT2D eigenvalue weighted by Gasteiger charge is 2.33. The van der Waals surface area contributed by atoms with E-state index in [0.29, 0.717) is 26.2 Å². The van der Waals surface area contributed by atoms with Gasteiger partial charge in [-0.15, -0.1) is 11.3 Å². The maximum absolute atomic E-state index is 13.0. The lowest BCUT2D eigenvalue weighted by atomic mass is 9.95. The molecule has 0 unspecified atom stereocenters. The topological polar surface area (TPSA) is 56.8 Å². The zero-order chi connectivity index (χ0) is 23.6. The first kappa shape index (κ1) is 23.7. The van der Waals surface area contributed by atoms with Crippen LogP contribution >= 0.6 is 11.3 Å². The number of halogens is 3. The van der Waals surface area contributed by atoms with E-state index < -0.39 is 11.7 Å². The van der Waals surface area contributed by atoms with Crippen molar-refractivity contribution in [2.24, 2.45) is 5.92 Å². The molecule has 2 amide bonds. The third-order valence-electron chi connectivity index (χ3n) is 6.33. The molecule has 0 saturated carbocycles. The number of alkyl halides is 3. The van der Waals surface area contributed by atoms with Gasteiger partial charge in [0.2, 0.25) is 5.91 Å². The van der Waals surface area contributed by atoms with Crippen LogP contribution in [0.5, 0.6) is 0 Å². The van der Waals surface area contributed by atoms with Crippen LogP contribution in [0.1, 0.15) is 39.5 Å². The molecule has 2 aromatic rings. The van der Waals surface area contributed by atoms with Gasteiger partial charge >= 0.3 is 6.18 Å². The molecular formula is C23H27F3N4O2S. The van der Waals surface area contributed by atoms with Gasteiger partial charge in [-0.05, 0) is 57.1 Å². The van der Waals surface area contributed by atoms with Crippen molar-refractivity contribution < 1.29 is 22.8 Å². The fourth-order valence-electron chi connectivity index (χ4n) is 4.42. The zero-order valence-electron chi connectivity index (χ0n) is 18.5. The molecule has 0 aliphatic carbocycles. The predicted octanol–water partition coefficient (Wildman–Crippen LogP) is 3.67. The van der Waals surface area contributed by atoms with Gasteiger partial charge in [0.25, 0.3) is 5.91 Å². The molecule has 178 valence electrons. The van der Waals surface area contributed by atoms with Crippen LogP contribution in [0.3, 0.4) is 0 Å². The van der Waals surface area contributed by atoms with E-state index in [1.807, 2.05) is 11.8 Å². The Hall–Kier alpha value is -2.46. The van der Waals surface area contributed by atoms with Crippen molar-refractivity contribution in [2.75, 3.05) is 39.3 Å². The molecule has 2 aliphatic rings. The molecule has 33 heavy (non-hydrogen) atoms. The first-order valence-corrected chi connectivity index (χ1v) is 12.0. The number of piperazine rings is 1. The van der Waals surface area contributed by atoms with Crippen LogP contribution in [0, 0.1) is 12.8 Å². The van der Waals surface area contributed by atoms with Crippen LogP contribution in [0.15, 0.2) is 29.6 Å². The SMILES string of the molecule is Cc1nc(CN2CCC(C(=O)N3CCN(C(=O)c4ccc(C(F)(F)F)cc4)CC3)CC2)cs1. The van der Waals surface area contributed by atoms with E-state index >= 15 is 0 Å². The number of carbonyl (C=O) groups is 2. The molecule has 2 saturated heterocycles. The smallest absolute Gasteiger partial charge is 0.339 e. The van der Waals surface area contributed by atoms with Crippen molar-refractivity contribution >= 4 is 23.2 Å². The molecule has 10 heteroatoms. The van der Waals surface area contributed by atoms with Gasteiger partial charge in [-0.2, -0.15) is 13.2 Å². The van der Waals surface area contributed by atoms with Gasteiger partial charge in [0.05, 0.1) is 16.3 Å². The second-order valence-electron chi connectivity index (χ2n) is 8.60. The Bertz CT molecular complexity index is 976. The molecule has 3 heterocycles. The highest BCUT2D eigenvalue weighted by molar-refractivity contribution is 7.09. The lowest BCUT2D eigenvalue weighted by Gasteiger charge is -2.38. The van der Waals surface area contributed by atoms with Crippen LogP contribution in [0.2, 0.25) is 0 Å². The van der Waals surface area contributed by atoms with Crippen molar-refractivity contribution in [3.05, 3.63) is 51.5 Å². The van der Waals surface area contributed by atoms with Crippen molar-refractivity contribution in [3.63, 3.8) is 0 Å². The summed E-state index contributed by atoms with van der Waals surface area (Å²) >= 11 is 1.65. The van der Waals surface area contributed by atoms with Crippen LogP contribution in [-0.2, 0) is 17.5 Å². The van der Waals surface area contributed by atoms with E-state index in [4.69, 9.17) is 0 Å². The Labute approximate surface area is 195 Å². The Kier molecular flexibility index (Phi) is 7.04. The average molecular weight is 481 g/mol. The third kappa shape index (κ3) is 5.73. The molecule has 0 N–H and O–H groups in total. The highest BCUT2D eigenvalue weighted by atomic mass is 32.1. The van der Waals surface area contributed by atoms with Gasteiger partial charge in [-0.1, -0.05) is 0 Å². The van der Waals surface area contributed by atoms with Crippen molar-refractivity contribution in [1.82, 2.24) is 19.7 Å². The Morgan fingerprint density at radius 2 is 1.61 bits per heavy atom. The number of carbonyl (C=O) groups excluding carboxylic acids is 2. The average Bonchev–Trinajstić information content (AvgIpc) is 3.22. The number of nitrogens with zero attached hydrogens (tertiary/aromatic N) is 4. The van der Waals surface area contributed by atoms with Gasteiger partial charge in [-0.25, -0.2) is 4.98 Å². The summed E-state index contributed by atoms with van der Waals surface area (Å²) in [4.78, 5) is 35.9. The van der Waals surface area contributed by atoms with Crippen LogP contribution < -0.4 is 0 Å². The van der Waals surface area contributed by atoms with Gasteiger partial charge in [-0.3, -0.25) is 14.5 Å². The molecule has 0 radical (unpaired) electrons. The number of piperidine rings is 1. The van der Waals surface area contributed by atoms with Gasteiger partial charge in [0, 0.05) is 49.6 Å². The van der Waals surface area contributed by atoms with E-state index in [1.165, 1.54) is 12.1 Å². The van der Waals surface area contributed by atoms with Crippen molar-refractivity contribution in [2.45, 2.75) is 32.5 Å². The number of aryl methyl sites for hydroxylation is 1. The van der Waals surface area contributed by atoms with Gasteiger partial charge in [0.15, 0.2) is 0 Å². The first-order chi connectivity index (χ1) is 15.7. The monoisotopic (exact) mass is 480 g/mol. The molecule has 4 rings (SSSR count). The van der Waals surface area contributed by atoms with E-state index in [0.717, 1.165) is 55.3 Å². The summed E-state index contributed by atoms with van der Waals surface area (Å²) in [5.74, 6) is -0.169. The lowest BCUT2D eigenvalue weighted by Crippen LogP contribution is -2.52. The van der Waals surface area contributed by atoms with E-state index in [1.54, 1.807) is 16.2 Å². The predicted molar refractivity (Wildman–Crippen MR) is 119 cm³/mol. The van der Waals surface area contributed by atoms with E-state index in [9.17, 15) is 22.8 Å². The zero-order valence-corrected chi connectivity index (χ0v) is 19.3. The maximum atomic E-state index is 13.0. The summed E-state index contributed by atoms with van der Waals surface area (Å²) in [6.07, 6.45) is -2.80. The fourth-order valence-corrected chi connectivity index (χ4v) is 5.02. The number of hydrogen-bond acceptors (Lipinski definition) is 5. The number of likely N-dealkylation sites (tertiary alicyclic amines) is 1. The van der Waals surface area contributed by atoms with E-state index in [2.05, 4.69) is 15.3 Å². The minimum atomic E-state index is -4.43. The molecule has 0 spiro atoms. The number of benzene rings is 1. The minimum absolute atomic E-state index is 0.00409. The number of thiazole rings is 1. The molecule has 1 aromatic carbocycles. The van der Waals surface area contributed by atoms with E-state index in [-0.39, 0.29) is 23.3 Å². The standard InChI is InChI=1S/C23H27F3N4O2S/c1-16-27-20(15-33-16)14-28-8-6-18(7-9-28)22(32)30-12-10-29(11-13-30)21(31)17-2-4-19(5-3-17)23(24,25)26/h2-5,15,18H,6-14H2,1H3. The van der Waals surface area contributed by atoms with Crippen LogP contribution in [-0.4, -0.2) is 70.8 Å². The quantitative estimate of drug-likeness (QED) is 0.670. The second-order valence-corrected chi connectivity index (χ2v) is 9.66. The molecule has 0 bridgehead atoms. The third-order valence-corrected chi connectivity index (χ3v) is 7.15. The number of hydrogen-bond donors (Lipinski definition) is 0. The fraction of sp³-hybridized carbons (Fsp3) is 0.522. The molecule has 1 aromatic heterocycles. The summed E-state index contributed by atoms with van der Waals surface area (Å²) in [6.45, 7) is 6.19. The summed E-state index contributed by atoms with van der Waals surface area (Å²) < 4.78 is 38.2. The molecule has 2 aliphatic heterocycles. The highest BCUT2D eigenvalue weighted by Crippen LogP contribution is 2.29. The van der Waals surface area contributed by atoms with Crippen molar-refractivity contribution in [1.29, 1.82) is 0 Å². The van der Waals surface area contributed by atoms with Gasteiger partial charge in [0.1, 0.15) is 0 Å². The van der Waals surface area contributed by atoms with Crippen LogP contribution in [0.4, 0.5) is 13.2 Å². The molecular weight excluding hydrogens is 453 g/mol. The Morgan fingerprint density at radius 3 is 2.15 bits per heavy atom. The Morgan fingerprint density at radius 1 is 1.00 bits per heavy atom. The maximum Gasteiger partial charge on any atom is 0.416 e. The lowest BCUT2D eigenvalue weighted by molar-refractivity contribution is -0.139. The Balaban J connectivity index is 1.24. The number of amides is 2. The largest absolute Gasteiger partial charge is 0.416 e. The number of aromatic nitrogens is 1.